The van der Waals surface area contributed by atoms with E-state index < -0.39 is 35.5 Å². The zero-order valence-corrected chi connectivity index (χ0v) is 15.7. The minimum Gasteiger partial charge on any atom is -0.464 e. The maximum Gasteiger partial charge on any atom is 0.413 e. The van der Waals surface area contributed by atoms with Gasteiger partial charge in [-0.3, -0.25) is 4.90 Å². The zero-order valence-electron chi connectivity index (χ0n) is 15.7. The lowest BCUT2D eigenvalue weighted by Gasteiger charge is -2.35. The second kappa shape index (κ2) is 7.04. The molecule has 0 unspecified atom stereocenters. The summed E-state index contributed by atoms with van der Waals surface area (Å²) in [5.41, 5.74) is -0.881. The van der Waals surface area contributed by atoms with Crippen molar-refractivity contribution in [1.82, 2.24) is 4.90 Å². The number of ether oxygens (including phenoxy) is 3. The van der Waals surface area contributed by atoms with Gasteiger partial charge in [0.2, 0.25) is 0 Å². The smallest absolute Gasteiger partial charge is 0.413 e. The van der Waals surface area contributed by atoms with Gasteiger partial charge in [0.05, 0.1) is 6.61 Å². The molecule has 0 spiro atoms. The highest BCUT2D eigenvalue weighted by molar-refractivity contribution is 5.79. The molecule has 1 amide bonds. The van der Waals surface area contributed by atoms with Gasteiger partial charge in [-0.15, -0.1) is 0 Å². The molecule has 1 saturated heterocycles. The Morgan fingerprint density at radius 1 is 1.20 bits per heavy atom. The van der Waals surface area contributed by atoms with Crippen molar-refractivity contribution in [3.05, 3.63) is 35.9 Å². The maximum atomic E-state index is 12.9. The Morgan fingerprint density at radius 2 is 1.80 bits per heavy atom. The molecule has 6 heteroatoms. The van der Waals surface area contributed by atoms with Gasteiger partial charge in [0.1, 0.15) is 17.4 Å². The van der Waals surface area contributed by atoms with Gasteiger partial charge in [0, 0.05) is 0 Å². The Labute approximate surface area is 149 Å². The molecule has 0 radical (unpaired) electrons. The fraction of sp³-hybridized carbons (Fsp3) is 0.579. The van der Waals surface area contributed by atoms with Crippen LogP contribution >= 0.6 is 0 Å². The molecule has 2 rings (SSSR count). The highest BCUT2D eigenvalue weighted by atomic mass is 16.6. The van der Waals surface area contributed by atoms with Crippen molar-refractivity contribution in [3.63, 3.8) is 0 Å². The average Bonchev–Trinajstić information content (AvgIpc) is 2.78. The van der Waals surface area contributed by atoms with E-state index in [1.54, 1.807) is 41.5 Å². The first kappa shape index (κ1) is 19.2. The Kier molecular flexibility index (Phi) is 5.42. The molecule has 2 atom stereocenters. The summed E-state index contributed by atoms with van der Waals surface area (Å²) >= 11 is 0. The predicted molar refractivity (Wildman–Crippen MR) is 92.8 cm³/mol. The molecule has 1 aliphatic rings. The molecular weight excluding hydrogens is 322 g/mol. The Hall–Kier alpha value is -2.08. The highest BCUT2D eigenvalue weighted by Crippen LogP contribution is 2.42. The standard InChI is InChI=1S/C19H27NO5/c1-7-23-16(21)15-14(13-11-9-8-10-12-13)20(19(5,6)24-15)17(22)25-18(2,3)4/h8-12,14-15H,7H2,1-6H3/t14-,15+/m1/s1. The molecule has 1 aromatic rings. The molecule has 1 aliphatic heterocycles. The number of amides is 1. The largest absolute Gasteiger partial charge is 0.464 e. The summed E-state index contributed by atoms with van der Waals surface area (Å²) in [5.74, 6) is -0.490. The predicted octanol–water partition coefficient (Wildman–Crippen LogP) is 3.66. The van der Waals surface area contributed by atoms with Crippen molar-refractivity contribution in [3.8, 4) is 0 Å². The molecule has 0 bridgehead atoms. The summed E-state index contributed by atoms with van der Waals surface area (Å²) in [7, 11) is 0. The summed E-state index contributed by atoms with van der Waals surface area (Å²) in [6.07, 6.45) is -1.44. The molecular formula is C19H27NO5. The first-order chi connectivity index (χ1) is 11.6. The molecule has 6 nitrogen and oxygen atoms in total. The molecule has 0 N–H and O–H groups in total. The number of hydrogen-bond acceptors (Lipinski definition) is 5. The summed E-state index contributed by atoms with van der Waals surface area (Å²) in [6, 6.07) is 8.69. The summed E-state index contributed by atoms with van der Waals surface area (Å²) in [4.78, 5) is 26.8. The quantitative estimate of drug-likeness (QED) is 0.779. The lowest BCUT2D eigenvalue weighted by Crippen LogP contribution is -2.47. The highest BCUT2D eigenvalue weighted by Gasteiger charge is 2.55. The van der Waals surface area contributed by atoms with Crippen molar-refractivity contribution in [1.29, 1.82) is 0 Å². The van der Waals surface area contributed by atoms with E-state index >= 15 is 0 Å². The normalized spacial score (nSPS) is 22.6. The average molecular weight is 349 g/mol. The lowest BCUT2D eigenvalue weighted by molar-refractivity contribution is -0.161. The number of carbonyl (C=O) groups is 2. The third-order valence-corrected chi connectivity index (χ3v) is 3.81. The van der Waals surface area contributed by atoms with Crippen molar-refractivity contribution in [2.45, 2.75) is 65.0 Å². The van der Waals surface area contributed by atoms with Crippen LogP contribution in [-0.2, 0) is 19.0 Å². The van der Waals surface area contributed by atoms with Crippen LogP contribution in [0.5, 0.6) is 0 Å². The van der Waals surface area contributed by atoms with Gasteiger partial charge >= 0.3 is 12.1 Å². The van der Waals surface area contributed by atoms with Gasteiger partial charge in [-0.2, -0.15) is 0 Å². The second-order valence-corrected chi connectivity index (χ2v) is 7.44. The van der Waals surface area contributed by atoms with Gasteiger partial charge in [-0.05, 0) is 47.1 Å². The molecule has 1 heterocycles. The van der Waals surface area contributed by atoms with Crippen LogP contribution in [0.4, 0.5) is 4.79 Å². The summed E-state index contributed by atoms with van der Waals surface area (Å²) in [5, 5.41) is 0. The maximum absolute atomic E-state index is 12.9. The minimum absolute atomic E-state index is 0.243. The Bertz CT molecular complexity index is 620. The molecule has 0 saturated carbocycles. The topological polar surface area (TPSA) is 65.1 Å². The fourth-order valence-electron chi connectivity index (χ4n) is 2.92. The van der Waals surface area contributed by atoms with E-state index in [4.69, 9.17) is 14.2 Å². The third kappa shape index (κ3) is 4.31. The van der Waals surface area contributed by atoms with E-state index in [1.807, 2.05) is 30.3 Å². The van der Waals surface area contributed by atoms with Crippen molar-refractivity contribution < 1.29 is 23.8 Å². The minimum atomic E-state index is -1.01. The molecule has 0 aliphatic carbocycles. The van der Waals surface area contributed by atoms with Crippen LogP contribution in [-0.4, -0.2) is 41.0 Å². The second-order valence-electron chi connectivity index (χ2n) is 7.44. The van der Waals surface area contributed by atoms with Crippen molar-refractivity contribution in [2.75, 3.05) is 6.61 Å². The third-order valence-electron chi connectivity index (χ3n) is 3.81. The van der Waals surface area contributed by atoms with Crippen molar-refractivity contribution >= 4 is 12.1 Å². The first-order valence-corrected chi connectivity index (χ1v) is 8.48. The van der Waals surface area contributed by atoms with Crippen LogP contribution in [0, 0.1) is 0 Å². The summed E-state index contributed by atoms with van der Waals surface area (Å²) in [6.45, 7) is 10.9. The van der Waals surface area contributed by atoms with E-state index in [0.717, 1.165) is 5.56 Å². The van der Waals surface area contributed by atoms with Gasteiger partial charge < -0.3 is 14.2 Å². The van der Waals surface area contributed by atoms with E-state index in [-0.39, 0.29) is 6.61 Å². The van der Waals surface area contributed by atoms with Crippen molar-refractivity contribution in [2.24, 2.45) is 0 Å². The zero-order chi connectivity index (χ0) is 18.8. The number of nitrogens with zero attached hydrogens (tertiary/aromatic N) is 1. The SMILES string of the molecule is CCOC(=O)[C@H]1OC(C)(C)N(C(=O)OC(C)(C)C)[C@@H]1c1ccccc1. The molecule has 1 fully saturated rings. The van der Waals surface area contributed by atoms with Crippen LogP contribution in [0.3, 0.4) is 0 Å². The van der Waals surface area contributed by atoms with E-state index in [9.17, 15) is 9.59 Å². The monoisotopic (exact) mass is 349 g/mol. The van der Waals surface area contributed by atoms with Crippen LogP contribution in [0.1, 0.15) is 53.1 Å². The number of hydrogen-bond donors (Lipinski definition) is 0. The molecule has 1 aromatic carbocycles. The van der Waals surface area contributed by atoms with Crippen LogP contribution < -0.4 is 0 Å². The van der Waals surface area contributed by atoms with Gasteiger partial charge in [-0.25, -0.2) is 9.59 Å². The van der Waals surface area contributed by atoms with Gasteiger partial charge in [0.25, 0.3) is 0 Å². The van der Waals surface area contributed by atoms with E-state index in [0.29, 0.717) is 0 Å². The van der Waals surface area contributed by atoms with Crippen LogP contribution in [0.15, 0.2) is 30.3 Å². The fourth-order valence-corrected chi connectivity index (χ4v) is 2.92. The summed E-state index contributed by atoms with van der Waals surface area (Å²) < 4.78 is 16.6. The van der Waals surface area contributed by atoms with Crippen LogP contribution in [0.2, 0.25) is 0 Å². The Balaban J connectivity index is 2.45. The van der Waals surface area contributed by atoms with E-state index in [2.05, 4.69) is 0 Å². The molecule has 0 aromatic heterocycles. The molecule has 25 heavy (non-hydrogen) atoms. The van der Waals surface area contributed by atoms with Gasteiger partial charge in [-0.1, -0.05) is 30.3 Å². The first-order valence-electron chi connectivity index (χ1n) is 8.48. The van der Waals surface area contributed by atoms with Crippen LogP contribution in [0.25, 0.3) is 0 Å². The number of rotatable bonds is 3. The lowest BCUT2D eigenvalue weighted by atomic mass is 10.0. The molecule has 138 valence electrons. The number of carbonyl (C=O) groups excluding carboxylic acids is 2. The van der Waals surface area contributed by atoms with Gasteiger partial charge in [0.15, 0.2) is 6.10 Å². The van der Waals surface area contributed by atoms with E-state index in [1.165, 1.54) is 4.90 Å². The number of benzene rings is 1. The number of esters is 1. The Morgan fingerprint density at radius 3 is 2.32 bits per heavy atom.